The Morgan fingerprint density at radius 1 is 1.18 bits per heavy atom. The molecule has 1 amide bonds. The van der Waals surface area contributed by atoms with Crippen molar-refractivity contribution in [2.45, 2.75) is 39.3 Å². The molecule has 0 aliphatic carbocycles. The number of anilines is 1. The van der Waals surface area contributed by atoms with E-state index < -0.39 is 0 Å². The molecule has 1 heterocycles. The molecule has 2 rings (SSSR count). The second-order valence-electron chi connectivity index (χ2n) is 5.52. The van der Waals surface area contributed by atoms with Crippen LogP contribution in [0.4, 0.5) is 5.69 Å². The average molecular weight is 297 g/mol. The van der Waals surface area contributed by atoms with Crippen molar-refractivity contribution in [3.8, 4) is 0 Å². The lowest BCUT2D eigenvalue weighted by atomic mass is 10.1. The first-order chi connectivity index (χ1) is 10.6. The summed E-state index contributed by atoms with van der Waals surface area (Å²) in [6.07, 6.45) is 4.23. The summed E-state index contributed by atoms with van der Waals surface area (Å²) in [4.78, 5) is 16.3. The van der Waals surface area contributed by atoms with Gasteiger partial charge in [0.25, 0.3) is 5.91 Å². The van der Waals surface area contributed by atoms with E-state index in [1.807, 2.05) is 38.1 Å². The predicted octanol–water partition coefficient (Wildman–Crippen LogP) is 3.78. The summed E-state index contributed by atoms with van der Waals surface area (Å²) >= 11 is 0. The van der Waals surface area contributed by atoms with E-state index in [9.17, 15) is 4.79 Å². The highest BCUT2D eigenvalue weighted by molar-refractivity contribution is 5.94. The fourth-order valence-corrected chi connectivity index (χ4v) is 2.13. The maximum atomic E-state index is 12.1. The molecular weight excluding hydrogens is 274 g/mol. The number of carbonyl (C=O) groups excluding carboxylic acids is 1. The molecule has 116 valence electrons. The van der Waals surface area contributed by atoms with Crippen molar-refractivity contribution >= 4 is 11.6 Å². The molecule has 0 aliphatic rings. The van der Waals surface area contributed by atoms with Crippen LogP contribution in [0.2, 0.25) is 0 Å². The minimum atomic E-state index is -0.0853. The number of benzene rings is 1. The maximum Gasteiger partial charge on any atom is 0.253 e. The summed E-state index contributed by atoms with van der Waals surface area (Å²) in [5, 5.41) is 6.33. The molecule has 2 N–H and O–H groups in total. The summed E-state index contributed by atoms with van der Waals surface area (Å²) < 4.78 is 0. The smallest absolute Gasteiger partial charge is 0.253 e. The third-order valence-corrected chi connectivity index (χ3v) is 3.67. The number of amides is 1. The van der Waals surface area contributed by atoms with Crippen LogP contribution in [0, 0.1) is 0 Å². The Hall–Kier alpha value is -2.36. The lowest BCUT2D eigenvalue weighted by Crippen LogP contribution is -2.32. The maximum absolute atomic E-state index is 12.1. The van der Waals surface area contributed by atoms with E-state index >= 15 is 0 Å². The molecular formula is C18H23N3O. The first-order valence-electron chi connectivity index (χ1n) is 7.67. The minimum absolute atomic E-state index is 0.0853. The number of hydrogen-bond donors (Lipinski definition) is 2. The summed E-state index contributed by atoms with van der Waals surface area (Å²) in [7, 11) is 0. The van der Waals surface area contributed by atoms with Crippen molar-refractivity contribution in [3.63, 3.8) is 0 Å². The van der Waals surface area contributed by atoms with Gasteiger partial charge in [0.1, 0.15) is 0 Å². The molecule has 1 aromatic heterocycles. The third-order valence-electron chi connectivity index (χ3n) is 3.67. The van der Waals surface area contributed by atoms with Gasteiger partial charge in [-0.15, -0.1) is 0 Å². The Bertz CT molecular complexity index is 613. The van der Waals surface area contributed by atoms with Crippen LogP contribution in [0.25, 0.3) is 0 Å². The van der Waals surface area contributed by atoms with Crippen molar-refractivity contribution in [3.05, 3.63) is 59.9 Å². The largest absolute Gasteiger partial charge is 0.377 e. The van der Waals surface area contributed by atoms with E-state index in [0.29, 0.717) is 5.56 Å². The molecule has 1 aromatic carbocycles. The van der Waals surface area contributed by atoms with Crippen LogP contribution in [0.3, 0.4) is 0 Å². The van der Waals surface area contributed by atoms with Gasteiger partial charge < -0.3 is 10.6 Å². The SMILES string of the molecule is CCC(C)NC(=O)c1cncc(NC(C)c2ccccc2)c1. The first kappa shape index (κ1) is 16.0. The highest BCUT2D eigenvalue weighted by atomic mass is 16.1. The van der Waals surface area contributed by atoms with Crippen molar-refractivity contribution < 1.29 is 4.79 Å². The van der Waals surface area contributed by atoms with Gasteiger partial charge in [0.2, 0.25) is 0 Å². The standard InChI is InChI=1S/C18H23N3O/c1-4-13(2)20-18(22)16-10-17(12-19-11-16)21-14(3)15-8-6-5-7-9-15/h5-14,21H,4H2,1-3H3,(H,20,22). The van der Waals surface area contributed by atoms with Crippen LogP contribution in [0.5, 0.6) is 0 Å². The topological polar surface area (TPSA) is 54.0 Å². The zero-order valence-corrected chi connectivity index (χ0v) is 13.3. The zero-order valence-electron chi connectivity index (χ0n) is 13.3. The molecule has 0 bridgehead atoms. The lowest BCUT2D eigenvalue weighted by Gasteiger charge is -2.16. The second-order valence-corrected chi connectivity index (χ2v) is 5.52. The summed E-state index contributed by atoms with van der Waals surface area (Å²) in [5.41, 5.74) is 2.61. The fraction of sp³-hybridized carbons (Fsp3) is 0.333. The Morgan fingerprint density at radius 2 is 1.91 bits per heavy atom. The third kappa shape index (κ3) is 4.32. The summed E-state index contributed by atoms with van der Waals surface area (Å²) in [6.45, 7) is 6.12. The predicted molar refractivity (Wildman–Crippen MR) is 89.9 cm³/mol. The Morgan fingerprint density at radius 3 is 2.59 bits per heavy atom. The summed E-state index contributed by atoms with van der Waals surface area (Å²) in [5.74, 6) is -0.0853. The van der Waals surface area contributed by atoms with Gasteiger partial charge in [-0.05, 0) is 31.9 Å². The molecule has 2 atom stereocenters. The normalized spacial score (nSPS) is 13.2. The van der Waals surface area contributed by atoms with E-state index in [0.717, 1.165) is 12.1 Å². The fourth-order valence-electron chi connectivity index (χ4n) is 2.13. The molecule has 0 radical (unpaired) electrons. The molecule has 0 saturated carbocycles. The van der Waals surface area contributed by atoms with Crippen molar-refractivity contribution in [2.75, 3.05) is 5.32 Å². The molecule has 4 nitrogen and oxygen atoms in total. The highest BCUT2D eigenvalue weighted by Crippen LogP contribution is 2.19. The Balaban J connectivity index is 2.07. The molecule has 0 saturated heterocycles. The van der Waals surface area contributed by atoms with Gasteiger partial charge in [-0.3, -0.25) is 9.78 Å². The number of rotatable bonds is 6. The lowest BCUT2D eigenvalue weighted by molar-refractivity contribution is 0.0939. The molecule has 2 aromatic rings. The number of hydrogen-bond acceptors (Lipinski definition) is 3. The van der Waals surface area contributed by atoms with Crippen LogP contribution < -0.4 is 10.6 Å². The Labute approximate surface area is 132 Å². The molecule has 2 unspecified atom stereocenters. The van der Waals surface area contributed by atoms with Crippen LogP contribution >= 0.6 is 0 Å². The van der Waals surface area contributed by atoms with Crippen LogP contribution in [-0.4, -0.2) is 16.9 Å². The van der Waals surface area contributed by atoms with Gasteiger partial charge in [-0.25, -0.2) is 0 Å². The van der Waals surface area contributed by atoms with Gasteiger partial charge in [-0.1, -0.05) is 37.3 Å². The summed E-state index contributed by atoms with van der Waals surface area (Å²) in [6, 6.07) is 12.3. The molecule has 0 aliphatic heterocycles. The van der Waals surface area contributed by atoms with E-state index in [1.54, 1.807) is 12.4 Å². The number of nitrogens with one attached hydrogen (secondary N) is 2. The van der Waals surface area contributed by atoms with E-state index in [2.05, 4.69) is 34.7 Å². The highest BCUT2D eigenvalue weighted by Gasteiger charge is 2.11. The van der Waals surface area contributed by atoms with Crippen LogP contribution in [-0.2, 0) is 0 Å². The number of aromatic nitrogens is 1. The molecule has 0 spiro atoms. The van der Waals surface area contributed by atoms with E-state index in [4.69, 9.17) is 0 Å². The second kappa shape index (κ2) is 7.59. The van der Waals surface area contributed by atoms with Crippen molar-refractivity contribution in [2.24, 2.45) is 0 Å². The van der Waals surface area contributed by atoms with E-state index in [1.165, 1.54) is 5.56 Å². The van der Waals surface area contributed by atoms with Gasteiger partial charge in [0.05, 0.1) is 11.3 Å². The van der Waals surface area contributed by atoms with Gasteiger partial charge >= 0.3 is 0 Å². The monoisotopic (exact) mass is 297 g/mol. The number of carbonyl (C=O) groups is 1. The van der Waals surface area contributed by atoms with Gasteiger partial charge in [-0.2, -0.15) is 0 Å². The van der Waals surface area contributed by atoms with Crippen LogP contribution in [0.1, 0.15) is 49.2 Å². The van der Waals surface area contributed by atoms with Gasteiger partial charge in [0.15, 0.2) is 0 Å². The van der Waals surface area contributed by atoms with E-state index in [-0.39, 0.29) is 18.0 Å². The van der Waals surface area contributed by atoms with Gasteiger partial charge in [0, 0.05) is 24.5 Å². The zero-order chi connectivity index (χ0) is 15.9. The van der Waals surface area contributed by atoms with Crippen molar-refractivity contribution in [1.29, 1.82) is 0 Å². The molecule has 4 heteroatoms. The quantitative estimate of drug-likeness (QED) is 0.853. The van der Waals surface area contributed by atoms with Crippen LogP contribution in [0.15, 0.2) is 48.8 Å². The first-order valence-corrected chi connectivity index (χ1v) is 7.67. The molecule has 22 heavy (non-hydrogen) atoms. The Kier molecular flexibility index (Phi) is 5.53. The average Bonchev–Trinajstić information content (AvgIpc) is 2.55. The number of pyridine rings is 1. The number of nitrogens with zero attached hydrogens (tertiary/aromatic N) is 1. The van der Waals surface area contributed by atoms with Crippen molar-refractivity contribution in [1.82, 2.24) is 10.3 Å². The minimum Gasteiger partial charge on any atom is -0.377 e. The molecule has 0 fully saturated rings.